The molecule has 0 radical (unpaired) electrons. The number of hydrogen-bond acceptors (Lipinski definition) is 2. The molecule has 0 aliphatic carbocycles. The molecule has 0 aromatic heterocycles. The maximum Gasteiger partial charge on any atom is 0.141 e. The van der Waals surface area contributed by atoms with Gasteiger partial charge in [0, 0.05) is 12.1 Å². The van der Waals surface area contributed by atoms with Gasteiger partial charge in [-0.25, -0.2) is 0 Å². The minimum Gasteiger partial charge on any atom is -0.495 e. The molecular weight excluding hydrogens is 222 g/mol. The molecule has 1 aromatic carbocycles. The summed E-state index contributed by atoms with van der Waals surface area (Å²) in [6, 6.07) is 4.17. The van der Waals surface area contributed by atoms with Crippen molar-refractivity contribution in [1.82, 2.24) is 4.90 Å². The molecule has 0 bridgehead atoms. The Morgan fingerprint density at radius 3 is 2.38 bits per heavy atom. The molecule has 0 heterocycles. The Balaban J connectivity index is 3.19. The van der Waals surface area contributed by atoms with Crippen molar-refractivity contribution < 1.29 is 4.74 Å². The first-order valence-corrected chi connectivity index (χ1v) is 5.84. The number of ether oxygens (including phenoxy) is 1. The van der Waals surface area contributed by atoms with Crippen LogP contribution in [0.4, 0.5) is 0 Å². The predicted molar refractivity (Wildman–Crippen MR) is 69.5 cm³/mol. The zero-order chi connectivity index (χ0) is 12.3. The molecule has 0 aliphatic rings. The Hall–Kier alpha value is -0.730. The molecule has 1 rings (SSSR count). The second-order valence-electron chi connectivity index (χ2n) is 4.59. The first-order chi connectivity index (χ1) is 7.45. The summed E-state index contributed by atoms with van der Waals surface area (Å²) in [6.07, 6.45) is 0. The highest BCUT2D eigenvalue weighted by Crippen LogP contribution is 2.33. The average molecular weight is 242 g/mol. The smallest absolute Gasteiger partial charge is 0.141 e. The summed E-state index contributed by atoms with van der Waals surface area (Å²) in [4.78, 5) is 2.11. The summed E-state index contributed by atoms with van der Waals surface area (Å²) < 4.78 is 5.35. The van der Waals surface area contributed by atoms with Gasteiger partial charge in [0.25, 0.3) is 0 Å². The molecule has 0 fully saturated rings. The van der Waals surface area contributed by atoms with E-state index in [1.807, 2.05) is 20.2 Å². The zero-order valence-electron chi connectivity index (χ0n) is 10.7. The summed E-state index contributed by atoms with van der Waals surface area (Å²) in [5, 5.41) is 0.700. The number of hydrogen-bond donors (Lipinski definition) is 0. The van der Waals surface area contributed by atoms with Crippen molar-refractivity contribution in [2.75, 3.05) is 21.2 Å². The van der Waals surface area contributed by atoms with E-state index >= 15 is 0 Å². The number of nitrogens with zero attached hydrogens (tertiary/aromatic N) is 1. The lowest BCUT2D eigenvalue weighted by molar-refractivity contribution is 0.371. The molecule has 90 valence electrons. The van der Waals surface area contributed by atoms with Gasteiger partial charge in [-0.2, -0.15) is 0 Å². The molecule has 0 atom stereocenters. The largest absolute Gasteiger partial charge is 0.495 e. The summed E-state index contributed by atoms with van der Waals surface area (Å²) in [6.45, 7) is 5.17. The number of methoxy groups -OCH3 is 1. The molecule has 0 spiro atoms. The van der Waals surface area contributed by atoms with Gasteiger partial charge in [-0.15, -0.1) is 0 Å². The Morgan fingerprint density at radius 2 is 1.94 bits per heavy atom. The molecule has 16 heavy (non-hydrogen) atoms. The van der Waals surface area contributed by atoms with Crippen LogP contribution in [0.25, 0.3) is 0 Å². The Kier molecular flexibility index (Phi) is 4.63. The molecule has 0 amide bonds. The Bertz CT molecular complexity index is 361. The van der Waals surface area contributed by atoms with Gasteiger partial charge in [0.2, 0.25) is 0 Å². The van der Waals surface area contributed by atoms with E-state index in [-0.39, 0.29) is 0 Å². The van der Waals surface area contributed by atoms with E-state index in [2.05, 4.69) is 24.8 Å². The minimum atomic E-state index is 0.476. The number of benzene rings is 1. The lowest BCUT2D eigenvalue weighted by atomic mass is 10.00. The second kappa shape index (κ2) is 5.55. The van der Waals surface area contributed by atoms with Gasteiger partial charge in [0.15, 0.2) is 0 Å². The van der Waals surface area contributed by atoms with Crippen LogP contribution < -0.4 is 4.74 Å². The topological polar surface area (TPSA) is 12.5 Å². The molecule has 0 unspecified atom stereocenters. The van der Waals surface area contributed by atoms with Crippen molar-refractivity contribution in [3.63, 3.8) is 0 Å². The lowest BCUT2D eigenvalue weighted by Crippen LogP contribution is -2.12. The standard InChI is InChI=1S/C13H20ClNO/c1-9(2)10-6-11(8-15(3)4)13(16-5)12(14)7-10/h6-7,9H,8H2,1-5H3. The van der Waals surface area contributed by atoms with Gasteiger partial charge in [0.1, 0.15) is 5.75 Å². The van der Waals surface area contributed by atoms with Crippen molar-refractivity contribution in [1.29, 1.82) is 0 Å². The first-order valence-electron chi connectivity index (χ1n) is 5.46. The maximum absolute atomic E-state index is 6.22. The molecule has 0 N–H and O–H groups in total. The normalized spacial score (nSPS) is 11.2. The van der Waals surface area contributed by atoms with Crippen LogP contribution in [0.15, 0.2) is 12.1 Å². The van der Waals surface area contributed by atoms with Crippen LogP contribution in [0.5, 0.6) is 5.75 Å². The summed E-state index contributed by atoms with van der Waals surface area (Å²) in [5.41, 5.74) is 2.39. The van der Waals surface area contributed by atoms with Gasteiger partial charge in [-0.1, -0.05) is 31.5 Å². The Labute approximate surface area is 103 Å². The van der Waals surface area contributed by atoms with Crippen LogP contribution in [0, 0.1) is 0 Å². The van der Waals surface area contributed by atoms with E-state index in [0.717, 1.165) is 17.9 Å². The van der Waals surface area contributed by atoms with Crippen LogP contribution >= 0.6 is 11.6 Å². The predicted octanol–water partition coefficient (Wildman–Crippen LogP) is 3.53. The summed E-state index contributed by atoms with van der Waals surface area (Å²) in [5.74, 6) is 1.27. The third-order valence-corrected chi connectivity index (χ3v) is 2.78. The van der Waals surface area contributed by atoms with E-state index in [0.29, 0.717) is 10.9 Å². The number of rotatable bonds is 4. The van der Waals surface area contributed by atoms with Crippen LogP contribution in [-0.4, -0.2) is 26.1 Å². The SMILES string of the molecule is COc1c(Cl)cc(C(C)C)cc1CN(C)C. The molecule has 3 heteroatoms. The van der Waals surface area contributed by atoms with Crippen LogP contribution in [0.2, 0.25) is 5.02 Å². The van der Waals surface area contributed by atoms with E-state index < -0.39 is 0 Å². The molecule has 1 aromatic rings. The fraction of sp³-hybridized carbons (Fsp3) is 0.538. The zero-order valence-corrected chi connectivity index (χ0v) is 11.4. The lowest BCUT2D eigenvalue weighted by Gasteiger charge is -2.17. The van der Waals surface area contributed by atoms with Gasteiger partial charge in [-0.05, 0) is 31.6 Å². The molecule has 0 saturated heterocycles. The van der Waals surface area contributed by atoms with Crippen molar-refractivity contribution >= 4 is 11.6 Å². The fourth-order valence-electron chi connectivity index (χ4n) is 1.69. The average Bonchev–Trinajstić information content (AvgIpc) is 2.16. The highest BCUT2D eigenvalue weighted by molar-refractivity contribution is 6.32. The second-order valence-corrected chi connectivity index (χ2v) is 4.99. The monoisotopic (exact) mass is 241 g/mol. The van der Waals surface area contributed by atoms with Crippen molar-refractivity contribution in [2.45, 2.75) is 26.3 Å². The minimum absolute atomic E-state index is 0.476. The van der Waals surface area contributed by atoms with Crippen molar-refractivity contribution in [3.05, 3.63) is 28.3 Å². The van der Waals surface area contributed by atoms with Crippen LogP contribution in [0.1, 0.15) is 30.9 Å². The van der Waals surface area contributed by atoms with Gasteiger partial charge >= 0.3 is 0 Å². The number of halogens is 1. The van der Waals surface area contributed by atoms with Gasteiger partial charge < -0.3 is 9.64 Å². The first kappa shape index (κ1) is 13.3. The third kappa shape index (κ3) is 3.13. The maximum atomic E-state index is 6.22. The van der Waals surface area contributed by atoms with E-state index in [1.165, 1.54) is 5.56 Å². The van der Waals surface area contributed by atoms with E-state index in [9.17, 15) is 0 Å². The molecule has 0 saturated carbocycles. The molecular formula is C13H20ClNO. The fourth-order valence-corrected chi connectivity index (χ4v) is 2.02. The van der Waals surface area contributed by atoms with Gasteiger partial charge in [0.05, 0.1) is 12.1 Å². The summed E-state index contributed by atoms with van der Waals surface area (Å²) >= 11 is 6.22. The van der Waals surface area contributed by atoms with E-state index in [1.54, 1.807) is 7.11 Å². The van der Waals surface area contributed by atoms with Crippen molar-refractivity contribution in [3.8, 4) is 5.75 Å². The van der Waals surface area contributed by atoms with E-state index in [4.69, 9.17) is 16.3 Å². The Morgan fingerprint density at radius 1 is 1.31 bits per heavy atom. The van der Waals surface area contributed by atoms with Crippen molar-refractivity contribution in [2.24, 2.45) is 0 Å². The highest BCUT2D eigenvalue weighted by atomic mass is 35.5. The summed E-state index contributed by atoms with van der Waals surface area (Å²) in [7, 11) is 5.74. The van der Waals surface area contributed by atoms with Crippen LogP contribution in [-0.2, 0) is 6.54 Å². The van der Waals surface area contributed by atoms with Gasteiger partial charge in [-0.3, -0.25) is 0 Å². The highest BCUT2D eigenvalue weighted by Gasteiger charge is 2.12. The molecule has 0 aliphatic heterocycles. The molecule has 2 nitrogen and oxygen atoms in total. The third-order valence-electron chi connectivity index (χ3n) is 2.50. The van der Waals surface area contributed by atoms with Crippen LogP contribution in [0.3, 0.4) is 0 Å². The quantitative estimate of drug-likeness (QED) is 0.800.